The van der Waals surface area contributed by atoms with Gasteiger partial charge in [0.05, 0.1) is 14.2 Å². The largest absolute Gasteiger partial charge is 0.480 e. The van der Waals surface area contributed by atoms with Gasteiger partial charge in [-0.05, 0) is 35.4 Å². The predicted octanol–water partition coefficient (Wildman–Crippen LogP) is 8.86. The van der Waals surface area contributed by atoms with Crippen molar-refractivity contribution in [3.8, 4) is 0 Å². The summed E-state index contributed by atoms with van der Waals surface area (Å²) in [6.45, 7) is 0. The number of fused-ring (bicyclic) bond motifs is 6. The van der Waals surface area contributed by atoms with Crippen molar-refractivity contribution in [3.05, 3.63) is 168 Å². The number of rotatable bonds is 15. The topological polar surface area (TPSA) is 193 Å². The number of H-pyrrole nitrogens is 2. The van der Waals surface area contributed by atoms with Gasteiger partial charge >= 0.3 is 23.9 Å². The average Bonchev–Trinajstić information content (AvgIpc) is 3.87. The molecule has 4 N–H and O–H groups in total. The lowest BCUT2D eigenvalue weighted by Gasteiger charge is -2.48. The molecule has 12 heteroatoms. The number of hydrogen-bond donors (Lipinski definition) is 4. The van der Waals surface area contributed by atoms with Crippen LogP contribution in [-0.4, -0.2) is 69.8 Å². The summed E-state index contributed by atoms with van der Waals surface area (Å²) in [6, 6.07) is 40.0. The average molecular weight is 829 g/mol. The molecular weight excluding hydrogens is 789 g/mol. The Labute approximate surface area is 354 Å². The van der Waals surface area contributed by atoms with Crippen molar-refractivity contribution in [1.29, 1.82) is 0 Å². The lowest BCUT2D eigenvalue weighted by Crippen LogP contribution is -2.67. The monoisotopic (exact) mass is 828 g/mol. The summed E-state index contributed by atoms with van der Waals surface area (Å²) in [5.74, 6) is -12.6. The summed E-state index contributed by atoms with van der Waals surface area (Å²) in [6.07, 6.45) is -1.59. The fraction of sp³-hybridized carbons (Fsp3) is 0.160. The van der Waals surface area contributed by atoms with E-state index in [-0.39, 0.29) is 22.3 Å². The van der Waals surface area contributed by atoms with Gasteiger partial charge in [-0.3, -0.25) is 28.8 Å². The first-order valence-electron chi connectivity index (χ1n) is 19.8. The summed E-state index contributed by atoms with van der Waals surface area (Å²) in [4.78, 5) is 94.9. The van der Waals surface area contributed by atoms with Crippen molar-refractivity contribution < 1.29 is 48.5 Å². The Balaban J connectivity index is 1.35. The number of ketones is 2. The van der Waals surface area contributed by atoms with Crippen LogP contribution in [0.25, 0.3) is 43.6 Å². The van der Waals surface area contributed by atoms with Crippen LogP contribution in [0, 0.1) is 10.8 Å². The number of ether oxygens (including phenoxy) is 2. The molecule has 2 unspecified atom stereocenters. The molecule has 310 valence electrons. The fourth-order valence-corrected chi connectivity index (χ4v) is 9.36. The van der Waals surface area contributed by atoms with Crippen LogP contribution in [0.15, 0.2) is 146 Å². The van der Waals surface area contributed by atoms with E-state index in [1.807, 2.05) is 48.5 Å². The van der Waals surface area contributed by atoms with Crippen molar-refractivity contribution in [1.82, 2.24) is 9.97 Å². The number of Topliss-reactive ketones (excluding diaryl/α,β-unsaturated/α-hetero) is 2. The molecule has 2 aromatic heterocycles. The normalized spacial score (nSPS) is 12.9. The molecule has 0 saturated heterocycles. The Morgan fingerprint density at radius 2 is 0.823 bits per heavy atom. The standard InChI is InChI=1S/C50H40N2O10/c1-61-47(59)50(48(60)62-2,38(30-15-7-4-8-16-30)28-44(54)32-22-24-36-34-18-10-12-20-40(34)52-42(36)26-32)49(45(55)56,46(57)58)37(29-13-5-3-6-14-29)27-43(53)31-21-23-35-33-17-9-11-19-39(33)51-41(35)25-31/h3-26,37-38,51-52H,27-28H2,1-2H3,(H,55,56)(H,57,58). The fourth-order valence-electron chi connectivity index (χ4n) is 9.36. The molecular formula is C50H40N2O10. The maximum absolute atomic E-state index is 15.0. The van der Waals surface area contributed by atoms with Crippen molar-refractivity contribution in [2.24, 2.45) is 10.8 Å². The second-order valence-corrected chi connectivity index (χ2v) is 15.3. The van der Waals surface area contributed by atoms with Crippen molar-refractivity contribution >= 4 is 79.1 Å². The number of nitrogens with one attached hydrogen (secondary N) is 2. The molecule has 0 spiro atoms. The molecule has 0 aliphatic rings. The minimum Gasteiger partial charge on any atom is -0.480 e. The molecule has 6 aromatic carbocycles. The van der Waals surface area contributed by atoms with Gasteiger partial charge in [0.1, 0.15) is 0 Å². The molecule has 8 rings (SSSR count). The number of carboxylic acids is 2. The molecule has 0 bridgehead atoms. The molecule has 0 amide bonds. The smallest absolute Gasteiger partial charge is 0.325 e. The number of esters is 2. The van der Waals surface area contributed by atoms with Crippen LogP contribution in [0.5, 0.6) is 0 Å². The Bertz CT molecular complexity index is 3030. The second-order valence-electron chi connectivity index (χ2n) is 15.3. The van der Waals surface area contributed by atoms with E-state index in [0.29, 0.717) is 11.0 Å². The third kappa shape index (κ3) is 6.47. The number of para-hydroxylation sites is 2. The first-order chi connectivity index (χ1) is 30.0. The Hall–Kier alpha value is -7.86. The SMILES string of the molecule is COC(=O)C(C(=O)OC)(C(CC(=O)c1ccc2c(c1)[nH]c1ccccc12)c1ccccc1)C(C(=O)O)(C(=O)O)C(CC(=O)c1ccc2c(c1)[nH]c1ccccc12)c1ccccc1. The summed E-state index contributed by atoms with van der Waals surface area (Å²) in [5, 5.41) is 26.8. The highest BCUT2D eigenvalue weighted by Crippen LogP contribution is 2.60. The number of aliphatic carboxylic acids is 2. The van der Waals surface area contributed by atoms with E-state index in [0.717, 1.165) is 46.8 Å². The maximum Gasteiger partial charge on any atom is 0.325 e. The van der Waals surface area contributed by atoms with E-state index >= 15 is 0 Å². The van der Waals surface area contributed by atoms with Crippen LogP contribution < -0.4 is 0 Å². The third-order valence-corrected chi connectivity index (χ3v) is 12.2. The number of carbonyl (C=O) groups is 6. The molecule has 0 aliphatic heterocycles. The Morgan fingerprint density at radius 1 is 0.468 bits per heavy atom. The molecule has 0 fully saturated rings. The van der Waals surface area contributed by atoms with Gasteiger partial charge in [0.2, 0.25) is 0 Å². The van der Waals surface area contributed by atoms with E-state index < -0.39 is 71.0 Å². The number of carbonyl (C=O) groups excluding carboxylic acids is 4. The molecule has 62 heavy (non-hydrogen) atoms. The van der Waals surface area contributed by atoms with Gasteiger partial charge < -0.3 is 29.7 Å². The highest BCUT2D eigenvalue weighted by Gasteiger charge is 2.78. The maximum atomic E-state index is 15.0. The molecule has 12 nitrogen and oxygen atoms in total. The van der Waals surface area contributed by atoms with Crippen molar-refractivity contribution in [2.75, 3.05) is 14.2 Å². The van der Waals surface area contributed by atoms with Gasteiger partial charge in [-0.15, -0.1) is 0 Å². The van der Waals surface area contributed by atoms with Crippen LogP contribution in [-0.2, 0) is 28.7 Å². The summed E-state index contributed by atoms with van der Waals surface area (Å²) < 4.78 is 10.6. The van der Waals surface area contributed by atoms with Gasteiger partial charge in [0.15, 0.2) is 22.4 Å². The zero-order chi connectivity index (χ0) is 43.8. The summed E-state index contributed by atoms with van der Waals surface area (Å²) in [5.41, 5.74) is -3.77. The number of methoxy groups -OCH3 is 2. The van der Waals surface area contributed by atoms with E-state index in [4.69, 9.17) is 9.47 Å². The molecule has 0 radical (unpaired) electrons. The Kier molecular flexibility index (Phi) is 10.8. The van der Waals surface area contributed by atoms with Gasteiger partial charge in [0.25, 0.3) is 0 Å². The van der Waals surface area contributed by atoms with Crippen LogP contribution in [0.2, 0.25) is 0 Å². The van der Waals surface area contributed by atoms with Crippen molar-refractivity contribution in [2.45, 2.75) is 24.7 Å². The highest BCUT2D eigenvalue weighted by molar-refractivity contribution is 6.17. The first-order valence-corrected chi connectivity index (χ1v) is 19.8. The Morgan fingerprint density at radius 3 is 1.21 bits per heavy atom. The molecule has 0 saturated carbocycles. The third-order valence-electron chi connectivity index (χ3n) is 12.2. The number of benzene rings is 6. The zero-order valence-electron chi connectivity index (χ0n) is 33.6. The quantitative estimate of drug-likeness (QED) is 0.0441. The van der Waals surface area contributed by atoms with Crippen LogP contribution >= 0.6 is 0 Å². The van der Waals surface area contributed by atoms with Gasteiger partial charge in [-0.1, -0.05) is 121 Å². The van der Waals surface area contributed by atoms with E-state index in [2.05, 4.69) is 9.97 Å². The lowest BCUT2D eigenvalue weighted by atomic mass is 9.48. The first kappa shape index (κ1) is 40.9. The van der Waals surface area contributed by atoms with E-state index in [9.17, 15) is 39.0 Å². The predicted molar refractivity (Wildman–Crippen MR) is 232 cm³/mol. The summed E-state index contributed by atoms with van der Waals surface area (Å²) in [7, 11) is 1.78. The van der Waals surface area contributed by atoms with Gasteiger partial charge in [-0.25, -0.2) is 0 Å². The van der Waals surface area contributed by atoms with Crippen LogP contribution in [0.1, 0.15) is 56.5 Å². The molecule has 8 aromatic rings. The lowest BCUT2D eigenvalue weighted by molar-refractivity contribution is -0.203. The van der Waals surface area contributed by atoms with E-state index in [1.54, 1.807) is 60.7 Å². The highest BCUT2D eigenvalue weighted by atomic mass is 16.5. The number of hydrogen-bond acceptors (Lipinski definition) is 8. The second kappa shape index (κ2) is 16.3. The minimum atomic E-state index is -3.57. The molecule has 0 aliphatic carbocycles. The van der Waals surface area contributed by atoms with Gasteiger partial charge in [0, 0.05) is 79.4 Å². The molecule has 2 heterocycles. The van der Waals surface area contributed by atoms with E-state index in [1.165, 1.54) is 36.4 Å². The molecule has 2 atom stereocenters. The zero-order valence-corrected chi connectivity index (χ0v) is 33.6. The number of aromatic amines is 2. The van der Waals surface area contributed by atoms with Crippen LogP contribution in [0.3, 0.4) is 0 Å². The van der Waals surface area contributed by atoms with Crippen molar-refractivity contribution in [3.63, 3.8) is 0 Å². The summed E-state index contributed by atoms with van der Waals surface area (Å²) >= 11 is 0. The minimum absolute atomic E-state index is 0.0110. The van der Waals surface area contributed by atoms with Gasteiger partial charge in [-0.2, -0.15) is 0 Å². The number of carboxylic acid groups (broad SMARTS) is 2. The van der Waals surface area contributed by atoms with Crippen LogP contribution in [0.4, 0.5) is 0 Å². The number of aromatic nitrogens is 2.